The maximum atomic E-state index is 14.6. The summed E-state index contributed by atoms with van der Waals surface area (Å²) in [6.45, 7) is 5.08. The number of ketones is 1. The average molecular weight is 563 g/mol. The molecule has 0 radical (unpaired) electrons. The van der Waals surface area contributed by atoms with Crippen LogP contribution in [0, 0.1) is 12.8 Å². The van der Waals surface area contributed by atoms with Gasteiger partial charge in [0.1, 0.15) is 5.54 Å². The lowest BCUT2D eigenvalue weighted by Gasteiger charge is -2.36. The zero-order chi connectivity index (χ0) is 30.2. The van der Waals surface area contributed by atoms with Crippen molar-refractivity contribution in [1.29, 1.82) is 0 Å². The second-order valence-corrected chi connectivity index (χ2v) is 10.9. The second-order valence-electron chi connectivity index (χ2n) is 10.9. The summed E-state index contributed by atoms with van der Waals surface area (Å²) in [5, 5.41) is 5.03. The van der Waals surface area contributed by atoms with Crippen molar-refractivity contribution in [1.82, 2.24) is 5.32 Å². The quantitative estimate of drug-likeness (QED) is 0.319. The van der Waals surface area contributed by atoms with Crippen LogP contribution in [0.25, 0.3) is 10.8 Å². The van der Waals surface area contributed by atoms with Crippen LogP contribution in [-0.4, -0.2) is 42.6 Å². The van der Waals surface area contributed by atoms with E-state index in [-0.39, 0.29) is 35.9 Å². The predicted octanol–water partition coefficient (Wildman–Crippen LogP) is 4.62. The molecule has 0 fully saturated rings. The number of anilines is 2. The molecular formula is C34H34N4O4. The summed E-state index contributed by atoms with van der Waals surface area (Å²) in [5.41, 5.74) is 7.91. The summed E-state index contributed by atoms with van der Waals surface area (Å²) in [5.74, 6) is -2.80. The number of rotatable bonds is 7. The van der Waals surface area contributed by atoms with E-state index in [0.29, 0.717) is 11.4 Å². The molecule has 1 aliphatic heterocycles. The molecule has 0 aliphatic carbocycles. The lowest BCUT2D eigenvalue weighted by molar-refractivity contribution is -0.133. The minimum absolute atomic E-state index is 0.133. The minimum Gasteiger partial charge on any atom is -0.368 e. The fraction of sp³-hybridized carbons (Fsp3) is 0.235. The Morgan fingerprint density at radius 2 is 1.52 bits per heavy atom. The van der Waals surface area contributed by atoms with Gasteiger partial charge in [-0.3, -0.25) is 19.2 Å². The van der Waals surface area contributed by atoms with Crippen LogP contribution in [-0.2, 0) is 16.1 Å². The van der Waals surface area contributed by atoms with Crippen LogP contribution in [0.4, 0.5) is 11.4 Å². The van der Waals surface area contributed by atoms with Gasteiger partial charge in [-0.15, -0.1) is 0 Å². The molecule has 0 saturated carbocycles. The topological polar surface area (TPSA) is 113 Å². The molecule has 0 bridgehead atoms. The van der Waals surface area contributed by atoms with Crippen molar-refractivity contribution in [3.8, 4) is 0 Å². The molecule has 2 atom stereocenters. The van der Waals surface area contributed by atoms with Crippen LogP contribution in [0.2, 0.25) is 0 Å². The summed E-state index contributed by atoms with van der Waals surface area (Å²) in [6.07, 6.45) is 0. The normalized spacial score (nSPS) is 16.5. The van der Waals surface area contributed by atoms with Crippen LogP contribution in [0.15, 0.2) is 84.9 Å². The number of aryl methyl sites for hydroxylation is 1. The molecule has 8 nitrogen and oxygen atoms in total. The SMILES string of the molecule is CNC(C)(C(N)=O)[C@@H]1CN(C(=O)c2ccccc2C(C)=O)c2ccccc2N(Cc2c(C)ccc3ccccc23)C1=O. The fourth-order valence-electron chi connectivity index (χ4n) is 5.78. The van der Waals surface area contributed by atoms with E-state index in [4.69, 9.17) is 5.73 Å². The maximum Gasteiger partial charge on any atom is 0.259 e. The van der Waals surface area contributed by atoms with Gasteiger partial charge in [-0.05, 0) is 67.9 Å². The largest absolute Gasteiger partial charge is 0.368 e. The molecule has 3 amide bonds. The molecule has 0 spiro atoms. The second kappa shape index (κ2) is 11.2. The minimum atomic E-state index is -1.48. The zero-order valence-corrected chi connectivity index (χ0v) is 24.2. The van der Waals surface area contributed by atoms with Crippen LogP contribution >= 0.6 is 0 Å². The number of amides is 3. The lowest BCUT2D eigenvalue weighted by atomic mass is 9.83. The standard InChI is InChI=1S/C34H34N4O4/c1-21-17-18-23-11-5-6-13-25(23)27(21)19-37-29-15-9-10-16-30(29)38(20-28(32(37)41)34(3,36-4)33(35)42)31(40)26-14-8-7-12-24(26)22(2)39/h5-18,28,36H,19-20H2,1-4H3,(H2,35,42)/t28-,34?/m1/s1. The lowest BCUT2D eigenvalue weighted by Crippen LogP contribution is -2.63. The van der Waals surface area contributed by atoms with E-state index < -0.39 is 23.3 Å². The number of hydrogen-bond donors (Lipinski definition) is 2. The van der Waals surface area contributed by atoms with Crippen molar-refractivity contribution in [3.05, 3.63) is 107 Å². The van der Waals surface area contributed by atoms with E-state index in [0.717, 1.165) is 21.9 Å². The van der Waals surface area contributed by atoms with E-state index in [1.165, 1.54) is 11.8 Å². The van der Waals surface area contributed by atoms with Crippen molar-refractivity contribution in [2.75, 3.05) is 23.4 Å². The molecule has 1 aliphatic rings. The van der Waals surface area contributed by atoms with Crippen LogP contribution in [0.5, 0.6) is 0 Å². The summed E-state index contributed by atoms with van der Waals surface area (Å²) >= 11 is 0. The maximum absolute atomic E-state index is 14.6. The molecule has 8 heteroatoms. The van der Waals surface area contributed by atoms with Gasteiger partial charge in [0.15, 0.2) is 5.78 Å². The molecule has 214 valence electrons. The van der Waals surface area contributed by atoms with Crippen LogP contribution in [0.3, 0.4) is 0 Å². The van der Waals surface area contributed by atoms with E-state index >= 15 is 0 Å². The van der Waals surface area contributed by atoms with Crippen LogP contribution < -0.4 is 20.9 Å². The Balaban J connectivity index is 1.73. The van der Waals surface area contributed by atoms with Crippen molar-refractivity contribution < 1.29 is 19.2 Å². The molecule has 0 aromatic heterocycles. The molecule has 0 saturated heterocycles. The third-order valence-corrected chi connectivity index (χ3v) is 8.49. The fourth-order valence-corrected chi connectivity index (χ4v) is 5.78. The first-order valence-corrected chi connectivity index (χ1v) is 13.9. The summed E-state index contributed by atoms with van der Waals surface area (Å²) in [7, 11) is 1.58. The van der Waals surface area contributed by atoms with Gasteiger partial charge in [-0.25, -0.2) is 0 Å². The number of nitrogens with zero attached hydrogens (tertiary/aromatic N) is 2. The highest BCUT2D eigenvalue weighted by Gasteiger charge is 2.49. The summed E-state index contributed by atoms with van der Waals surface area (Å²) < 4.78 is 0. The number of fused-ring (bicyclic) bond motifs is 2. The number of primary amides is 1. The first-order chi connectivity index (χ1) is 20.1. The first-order valence-electron chi connectivity index (χ1n) is 13.9. The zero-order valence-electron chi connectivity index (χ0n) is 24.2. The first kappa shape index (κ1) is 28.7. The number of nitrogens with one attached hydrogen (secondary N) is 1. The number of para-hydroxylation sites is 2. The summed E-state index contributed by atoms with van der Waals surface area (Å²) in [6, 6.07) is 25.9. The molecule has 5 rings (SSSR count). The molecule has 1 unspecified atom stereocenters. The molecule has 42 heavy (non-hydrogen) atoms. The van der Waals surface area contributed by atoms with Crippen molar-refractivity contribution >= 4 is 45.7 Å². The van der Waals surface area contributed by atoms with Gasteiger partial charge in [0.25, 0.3) is 5.91 Å². The Kier molecular flexibility index (Phi) is 7.67. The van der Waals surface area contributed by atoms with Crippen molar-refractivity contribution in [2.45, 2.75) is 32.9 Å². The Hall–Kier alpha value is -4.82. The number of carbonyl (C=O) groups excluding carboxylic acids is 4. The molecule has 4 aromatic rings. The Labute approximate surface area is 245 Å². The smallest absolute Gasteiger partial charge is 0.259 e. The Morgan fingerprint density at radius 3 is 2.19 bits per heavy atom. The predicted molar refractivity (Wildman–Crippen MR) is 165 cm³/mol. The number of benzene rings is 4. The average Bonchev–Trinajstić information content (AvgIpc) is 3.12. The van der Waals surface area contributed by atoms with Gasteiger partial charge < -0.3 is 20.9 Å². The van der Waals surface area contributed by atoms with Crippen molar-refractivity contribution in [3.63, 3.8) is 0 Å². The molecule has 4 aromatic carbocycles. The third-order valence-electron chi connectivity index (χ3n) is 8.49. The van der Waals surface area contributed by atoms with Gasteiger partial charge >= 0.3 is 0 Å². The van der Waals surface area contributed by atoms with Crippen molar-refractivity contribution in [2.24, 2.45) is 11.7 Å². The van der Waals surface area contributed by atoms with E-state index in [9.17, 15) is 19.2 Å². The van der Waals surface area contributed by atoms with Gasteiger partial charge in [-0.2, -0.15) is 0 Å². The highest BCUT2D eigenvalue weighted by atomic mass is 16.2. The third kappa shape index (κ3) is 4.84. The van der Waals surface area contributed by atoms with E-state index in [2.05, 4.69) is 5.32 Å². The molecule has 1 heterocycles. The highest BCUT2D eigenvalue weighted by Crippen LogP contribution is 2.39. The number of carbonyl (C=O) groups is 4. The van der Waals surface area contributed by atoms with Crippen LogP contribution in [0.1, 0.15) is 45.7 Å². The van der Waals surface area contributed by atoms with E-state index in [1.807, 2.05) is 49.4 Å². The van der Waals surface area contributed by atoms with Gasteiger partial charge in [0.2, 0.25) is 11.8 Å². The molecular weight excluding hydrogens is 528 g/mol. The number of hydrogen-bond acceptors (Lipinski definition) is 5. The van der Waals surface area contributed by atoms with E-state index in [1.54, 1.807) is 61.3 Å². The Bertz CT molecular complexity index is 1730. The van der Waals surface area contributed by atoms with Gasteiger partial charge in [0.05, 0.1) is 29.4 Å². The highest BCUT2D eigenvalue weighted by molar-refractivity contribution is 6.16. The Morgan fingerprint density at radius 1 is 0.905 bits per heavy atom. The number of likely N-dealkylation sites (N-methyl/N-ethyl adjacent to an activating group) is 1. The number of nitrogens with two attached hydrogens (primary N) is 1. The monoisotopic (exact) mass is 562 g/mol. The number of Topliss-reactive ketones (excluding diaryl/α,β-unsaturated/α-hetero) is 1. The molecule has 3 N–H and O–H groups in total. The van der Waals surface area contributed by atoms with Gasteiger partial charge in [-0.1, -0.05) is 66.7 Å². The summed E-state index contributed by atoms with van der Waals surface area (Å²) in [4.78, 5) is 57.4. The van der Waals surface area contributed by atoms with Gasteiger partial charge in [0, 0.05) is 12.1 Å².